The molecule has 0 radical (unpaired) electrons. The molecule has 1 saturated heterocycles. The molecule has 6 heteroatoms. The van der Waals surface area contributed by atoms with Crippen LogP contribution in [-0.4, -0.2) is 43.7 Å². The minimum atomic E-state index is -0.0839. The van der Waals surface area contributed by atoms with Gasteiger partial charge in [-0.25, -0.2) is 0 Å². The van der Waals surface area contributed by atoms with Gasteiger partial charge in [0.05, 0.1) is 18.2 Å². The van der Waals surface area contributed by atoms with Crippen molar-refractivity contribution in [2.24, 2.45) is 11.1 Å². The van der Waals surface area contributed by atoms with Crippen LogP contribution < -0.4 is 15.2 Å². The Labute approximate surface area is 152 Å². The third-order valence-electron chi connectivity index (χ3n) is 4.53. The maximum absolute atomic E-state index is 12.9. The van der Waals surface area contributed by atoms with Gasteiger partial charge in [0, 0.05) is 24.7 Å². The molecule has 1 unspecified atom stereocenters. The van der Waals surface area contributed by atoms with Gasteiger partial charge >= 0.3 is 0 Å². The first-order chi connectivity index (χ1) is 11.3. The smallest absolute Gasteiger partial charge is 0.254 e. The van der Waals surface area contributed by atoms with Crippen LogP contribution in [0.1, 0.15) is 44.0 Å². The van der Waals surface area contributed by atoms with Gasteiger partial charge in [0.15, 0.2) is 11.5 Å². The fourth-order valence-electron chi connectivity index (χ4n) is 2.92. The average Bonchev–Trinajstić information content (AvgIpc) is 2.54. The molecule has 2 N–H and O–H groups in total. The zero-order chi connectivity index (χ0) is 17.9. The quantitative estimate of drug-likeness (QED) is 0.824. The highest BCUT2D eigenvalue weighted by Crippen LogP contribution is 2.37. The Morgan fingerprint density at radius 2 is 2.17 bits per heavy atom. The third kappa shape index (κ3) is 4.03. The molecule has 1 heterocycles. The van der Waals surface area contributed by atoms with Crippen molar-refractivity contribution < 1.29 is 14.3 Å². The lowest BCUT2D eigenvalue weighted by molar-refractivity contribution is 0.0532. The summed E-state index contributed by atoms with van der Waals surface area (Å²) >= 11 is 3.50. The van der Waals surface area contributed by atoms with Crippen molar-refractivity contribution in [1.29, 1.82) is 0 Å². The Morgan fingerprint density at radius 1 is 1.46 bits per heavy atom. The van der Waals surface area contributed by atoms with Crippen LogP contribution >= 0.6 is 15.9 Å². The Morgan fingerprint density at radius 3 is 2.75 bits per heavy atom. The monoisotopic (exact) mass is 398 g/mol. The van der Waals surface area contributed by atoms with Crippen molar-refractivity contribution in [2.75, 3.05) is 26.8 Å². The summed E-state index contributed by atoms with van der Waals surface area (Å²) in [6.07, 6.45) is 1.72. The third-order valence-corrected chi connectivity index (χ3v) is 5.12. The summed E-state index contributed by atoms with van der Waals surface area (Å²) in [6.45, 7) is 8.19. The average molecular weight is 399 g/mol. The number of ether oxygens (including phenoxy) is 2. The van der Waals surface area contributed by atoms with Crippen LogP contribution in [0.15, 0.2) is 16.6 Å². The molecule has 0 spiro atoms. The molecule has 134 valence electrons. The van der Waals surface area contributed by atoms with E-state index in [4.69, 9.17) is 15.2 Å². The highest BCUT2D eigenvalue weighted by atomic mass is 79.9. The number of benzene rings is 1. The second-order valence-electron chi connectivity index (χ2n) is 6.95. The number of halogens is 1. The maximum atomic E-state index is 12.9. The molecule has 1 fully saturated rings. The number of hydrogen-bond donors (Lipinski definition) is 1. The van der Waals surface area contributed by atoms with Crippen molar-refractivity contribution in [3.05, 3.63) is 22.2 Å². The van der Waals surface area contributed by atoms with E-state index < -0.39 is 0 Å². The number of rotatable bonds is 5. The zero-order valence-electron chi connectivity index (χ0n) is 14.9. The SMILES string of the molecule is CCCOc1c(Br)cc(C(=O)N2CCC(N)C(C)(C)C2)cc1OC. The van der Waals surface area contributed by atoms with E-state index in [9.17, 15) is 4.79 Å². The first-order valence-corrected chi connectivity index (χ1v) is 9.14. The normalized spacial score (nSPS) is 19.9. The molecule has 1 aromatic rings. The molecular formula is C18H27BrN2O3. The minimum absolute atomic E-state index is 0.00369. The topological polar surface area (TPSA) is 64.8 Å². The van der Waals surface area contributed by atoms with Crippen molar-refractivity contribution in [2.45, 2.75) is 39.7 Å². The van der Waals surface area contributed by atoms with Gasteiger partial charge in [-0.1, -0.05) is 20.8 Å². The molecule has 1 amide bonds. The summed E-state index contributed by atoms with van der Waals surface area (Å²) in [5.74, 6) is 1.20. The van der Waals surface area contributed by atoms with E-state index in [1.54, 1.807) is 19.2 Å². The Balaban J connectivity index is 2.25. The highest BCUT2D eigenvalue weighted by Gasteiger charge is 2.35. The van der Waals surface area contributed by atoms with Gasteiger partial charge < -0.3 is 20.1 Å². The number of hydrogen-bond acceptors (Lipinski definition) is 4. The number of nitrogens with two attached hydrogens (primary N) is 1. The predicted octanol–water partition coefficient (Wildman–Crippen LogP) is 3.45. The van der Waals surface area contributed by atoms with Crippen molar-refractivity contribution in [3.63, 3.8) is 0 Å². The standard InChI is InChI=1S/C18H27BrN2O3/c1-5-8-24-16-13(19)9-12(10-14(16)23-4)17(22)21-7-6-15(20)18(2,3)11-21/h9-10,15H,5-8,11,20H2,1-4H3. The van der Waals surface area contributed by atoms with Crippen molar-refractivity contribution >= 4 is 21.8 Å². The largest absolute Gasteiger partial charge is 0.493 e. The number of nitrogens with zero attached hydrogens (tertiary/aromatic N) is 1. The van der Waals surface area contributed by atoms with E-state index in [-0.39, 0.29) is 17.4 Å². The zero-order valence-corrected chi connectivity index (χ0v) is 16.5. The lowest BCUT2D eigenvalue weighted by atomic mass is 9.79. The maximum Gasteiger partial charge on any atom is 0.254 e. The molecular weight excluding hydrogens is 372 g/mol. The van der Waals surface area contributed by atoms with Gasteiger partial charge in [0.2, 0.25) is 0 Å². The van der Waals surface area contributed by atoms with E-state index in [0.29, 0.717) is 36.8 Å². The molecule has 1 aliphatic heterocycles. The van der Waals surface area contributed by atoms with Crippen molar-refractivity contribution in [1.82, 2.24) is 4.90 Å². The van der Waals surface area contributed by atoms with Crippen LogP contribution in [0, 0.1) is 5.41 Å². The van der Waals surface area contributed by atoms with E-state index in [1.165, 1.54) is 0 Å². The van der Waals surface area contributed by atoms with Crippen LogP contribution in [0.4, 0.5) is 0 Å². The first-order valence-electron chi connectivity index (χ1n) is 8.35. The molecule has 1 aromatic carbocycles. The lowest BCUT2D eigenvalue weighted by Gasteiger charge is -2.42. The summed E-state index contributed by atoms with van der Waals surface area (Å²) in [6, 6.07) is 3.67. The Kier molecular flexibility index (Phi) is 6.15. The second kappa shape index (κ2) is 7.74. The van der Waals surface area contributed by atoms with Crippen LogP contribution in [0.25, 0.3) is 0 Å². The Hall–Kier alpha value is -1.27. The van der Waals surface area contributed by atoms with E-state index in [1.807, 2.05) is 11.8 Å². The van der Waals surface area contributed by atoms with Gasteiger partial charge in [-0.2, -0.15) is 0 Å². The van der Waals surface area contributed by atoms with Crippen LogP contribution in [-0.2, 0) is 0 Å². The Bertz CT molecular complexity index is 604. The molecule has 1 aliphatic rings. The summed E-state index contributed by atoms with van der Waals surface area (Å²) in [7, 11) is 1.58. The molecule has 1 atom stereocenters. The number of likely N-dealkylation sites (tertiary alicyclic amines) is 1. The predicted molar refractivity (Wildman–Crippen MR) is 98.8 cm³/mol. The van der Waals surface area contributed by atoms with Gasteiger partial charge in [-0.05, 0) is 46.3 Å². The number of carbonyl (C=O) groups is 1. The number of amides is 1. The van der Waals surface area contributed by atoms with Gasteiger partial charge in [-0.3, -0.25) is 4.79 Å². The van der Waals surface area contributed by atoms with E-state index in [2.05, 4.69) is 29.8 Å². The second-order valence-corrected chi connectivity index (χ2v) is 7.80. The van der Waals surface area contributed by atoms with E-state index >= 15 is 0 Å². The fraction of sp³-hybridized carbons (Fsp3) is 0.611. The van der Waals surface area contributed by atoms with Crippen LogP contribution in [0.2, 0.25) is 0 Å². The molecule has 24 heavy (non-hydrogen) atoms. The van der Waals surface area contributed by atoms with Gasteiger partial charge in [0.1, 0.15) is 0 Å². The van der Waals surface area contributed by atoms with Gasteiger partial charge in [-0.15, -0.1) is 0 Å². The molecule has 2 rings (SSSR count). The molecule has 0 bridgehead atoms. The summed E-state index contributed by atoms with van der Waals surface area (Å²) < 4.78 is 11.9. The van der Waals surface area contributed by atoms with Gasteiger partial charge in [0.25, 0.3) is 5.91 Å². The molecule has 0 aliphatic carbocycles. The fourth-order valence-corrected chi connectivity index (χ4v) is 3.47. The summed E-state index contributed by atoms with van der Waals surface area (Å²) in [5, 5.41) is 0. The molecule has 5 nitrogen and oxygen atoms in total. The summed E-state index contributed by atoms with van der Waals surface area (Å²) in [4.78, 5) is 14.8. The number of piperidine rings is 1. The molecule has 0 aromatic heterocycles. The van der Waals surface area contributed by atoms with Crippen LogP contribution in [0.5, 0.6) is 11.5 Å². The molecule has 0 saturated carbocycles. The van der Waals surface area contributed by atoms with Crippen LogP contribution in [0.3, 0.4) is 0 Å². The number of methoxy groups -OCH3 is 1. The summed E-state index contributed by atoms with van der Waals surface area (Å²) in [5.41, 5.74) is 6.68. The lowest BCUT2D eigenvalue weighted by Crippen LogP contribution is -2.54. The van der Waals surface area contributed by atoms with E-state index in [0.717, 1.165) is 17.3 Å². The minimum Gasteiger partial charge on any atom is -0.493 e. The van der Waals surface area contributed by atoms with Crippen molar-refractivity contribution in [3.8, 4) is 11.5 Å². The highest BCUT2D eigenvalue weighted by molar-refractivity contribution is 9.10. The first kappa shape index (κ1) is 19.1. The number of carbonyl (C=O) groups excluding carboxylic acids is 1.